The largest absolute Gasteiger partial charge is 0.379 e. The van der Waals surface area contributed by atoms with Crippen LogP contribution in [0.2, 0.25) is 0 Å². The van der Waals surface area contributed by atoms with Crippen molar-refractivity contribution in [3.05, 3.63) is 47.7 Å². The van der Waals surface area contributed by atoms with Gasteiger partial charge in [-0.05, 0) is 75.4 Å². The van der Waals surface area contributed by atoms with Crippen molar-refractivity contribution in [3.8, 4) is 0 Å². The van der Waals surface area contributed by atoms with Gasteiger partial charge in [0.25, 0.3) is 5.91 Å². The number of ketones is 1. The maximum Gasteiger partial charge on any atom is 0.256 e. The zero-order chi connectivity index (χ0) is 28.6. The first-order chi connectivity index (χ1) is 20.6. The molecular formula is C33H45FN4O4. The Hall–Kier alpha value is -2.33. The number of alkyl halides is 1. The van der Waals surface area contributed by atoms with Gasteiger partial charge in [0.15, 0.2) is 5.78 Å². The van der Waals surface area contributed by atoms with Gasteiger partial charge in [0.05, 0.1) is 49.1 Å². The standard InChI is InChI=1S/C33H45FN4O4/c34-26-18-24-30-32(29(26)35-11-4-12-37-13-15-41-16-14-37)42-28-10-9-23(22-5-2-1-3-6-22)17-27(28)38(30)20-25(31(24)39)33(40)36-19-21-7-8-21/h1-3,5-6,20-21,23-24,26-30,32,35H,4,7-19H2,(H,36,40). The van der Waals surface area contributed by atoms with E-state index in [0.717, 1.165) is 71.4 Å². The molecule has 2 saturated heterocycles. The fraction of sp³-hybridized carbons (Fsp3) is 0.697. The SMILES string of the molecule is O=C(NCC1CC1)C1=CN2C3CC(c4ccccc4)CCC3OC3C(NCCCN4CCOCC4)C(F)CC(C1=O)C32. The van der Waals surface area contributed by atoms with Crippen LogP contribution >= 0.6 is 0 Å². The number of Topliss-reactive ketones (excluding diaryl/α,β-unsaturated/α-hetero) is 1. The van der Waals surface area contributed by atoms with Gasteiger partial charge in [-0.25, -0.2) is 4.39 Å². The van der Waals surface area contributed by atoms with Gasteiger partial charge >= 0.3 is 0 Å². The molecule has 1 aromatic carbocycles. The number of halogens is 1. The van der Waals surface area contributed by atoms with Crippen LogP contribution in [0.3, 0.4) is 0 Å². The number of hydrogen-bond donors (Lipinski definition) is 2. The molecule has 3 aliphatic carbocycles. The van der Waals surface area contributed by atoms with Crippen molar-refractivity contribution in [3.63, 3.8) is 0 Å². The first kappa shape index (κ1) is 28.4. The highest BCUT2D eigenvalue weighted by atomic mass is 19.1. The first-order valence-electron chi connectivity index (χ1n) is 16.3. The highest BCUT2D eigenvalue weighted by molar-refractivity contribution is 6.20. The van der Waals surface area contributed by atoms with Crippen LogP contribution in [0.4, 0.5) is 4.39 Å². The summed E-state index contributed by atoms with van der Waals surface area (Å²) in [5.41, 5.74) is 1.52. The molecule has 7 rings (SSSR count). The van der Waals surface area contributed by atoms with E-state index in [1.54, 1.807) is 0 Å². The molecule has 0 spiro atoms. The Morgan fingerprint density at radius 3 is 2.64 bits per heavy atom. The Labute approximate surface area is 248 Å². The van der Waals surface area contributed by atoms with Crippen molar-refractivity contribution in [2.45, 2.75) is 87.4 Å². The van der Waals surface area contributed by atoms with Gasteiger partial charge in [0.1, 0.15) is 6.17 Å². The summed E-state index contributed by atoms with van der Waals surface area (Å²) in [6.07, 6.45) is 6.18. The summed E-state index contributed by atoms with van der Waals surface area (Å²) < 4.78 is 28.3. The Bertz CT molecular complexity index is 1160. The van der Waals surface area contributed by atoms with Gasteiger partial charge in [-0.2, -0.15) is 0 Å². The fourth-order valence-electron chi connectivity index (χ4n) is 8.08. The van der Waals surface area contributed by atoms with Gasteiger partial charge in [-0.1, -0.05) is 30.3 Å². The zero-order valence-electron chi connectivity index (χ0n) is 24.5. The minimum Gasteiger partial charge on any atom is -0.379 e. The van der Waals surface area contributed by atoms with E-state index in [4.69, 9.17) is 9.47 Å². The monoisotopic (exact) mass is 580 g/mol. The van der Waals surface area contributed by atoms with Crippen LogP contribution in [0, 0.1) is 11.8 Å². The third kappa shape index (κ3) is 5.77. The van der Waals surface area contributed by atoms with E-state index in [9.17, 15) is 9.59 Å². The number of benzene rings is 1. The number of hydrogen-bond acceptors (Lipinski definition) is 7. The van der Waals surface area contributed by atoms with E-state index >= 15 is 4.39 Å². The van der Waals surface area contributed by atoms with E-state index in [1.807, 2.05) is 12.3 Å². The third-order valence-corrected chi connectivity index (χ3v) is 10.6. The molecule has 9 heteroatoms. The lowest BCUT2D eigenvalue weighted by atomic mass is 9.68. The molecule has 42 heavy (non-hydrogen) atoms. The van der Waals surface area contributed by atoms with Crippen molar-refractivity contribution in [2.24, 2.45) is 11.8 Å². The second kappa shape index (κ2) is 12.3. The molecule has 8 unspecified atom stereocenters. The normalized spacial score (nSPS) is 36.5. The molecule has 5 fully saturated rings. The molecule has 8 atom stereocenters. The van der Waals surface area contributed by atoms with Crippen LogP contribution in [0.25, 0.3) is 0 Å². The van der Waals surface area contributed by atoms with Crippen molar-refractivity contribution in [1.29, 1.82) is 0 Å². The molecule has 0 radical (unpaired) electrons. The molecule has 8 nitrogen and oxygen atoms in total. The fourth-order valence-corrected chi connectivity index (χ4v) is 8.08. The first-order valence-corrected chi connectivity index (χ1v) is 16.3. The van der Waals surface area contributed by atoms with Crippen LogP contribution in [-0.4, -0.2) is 104 Å². The van der Waals surface area contributed by atoms with Gasteiger partial charge in [0, 0.05) is 31.8 Å². The second-order valence-corrected chi connectivity index (χ2v) is 13.3. The predicted molar refractivity (Wildman–Crippen MR) is 157 cm³/mol. The number of carbonyl (C=O) groups excluding carboxylic acids is 2. The van der Waals surface area contributed by atoms with Gasteiger partial charge in [0.2, 0.25) is 0 Å². The average molecular weight is 581 g/mol. The number of carbonyl (C=O) groups is 2. The van der Waals surface area contributed by atoms with E-state index in [2.05, 4.69) is 44.7 Å². The second-order valence-electron chi connectivity index (χ2n) is 13.3. The van der Waals surface area contributed by atoms with E-state index in [0.29, 0.717) is 24.9 Å². The summed E-state index contributed by atoms with van der Waals surface area (Å²) in [5.74, 6) is -0.209. The molecule has 0 aromatic heterocycles. The summed E-state index contributed by atoms with van der Waals surface area (Å²) in [6, 6.07) is 9.91. The van der Waals surface area contributed by atoms with Crippen molar-refractivity contribution >= 4 is 11.7 Å². The Morgan fingerprint density at radius 1 is 1.05 bits per heavy atom. The summed E-state index contributed by atoms with van der Waals surface area (Å²) in [4.78, 5) is 31.8. The van der Waals surface area contributed by atoms with Gasteiger partial charge in [-0.15, -0.1) is 0 Å². The van der Waals surface area contributed by atoms with Crippen LogP contribution in [0.1, 0.15) is 56.4 Å². The predicted octanol–water partition coefficient (Wildman–Crippen LogP) is 2.79. The smallest absolute Gasteiger partial charge is 0.256 e. The maximum absolute atomic E-state index is 16.0. The molecule has 2 N–H and O–H groups in total. The Balaban J connectivity index is 1.12. The maximum atomic E-state index is 16.0. The highest BCUT2D eigenvalue weighted by Crippen LogP contribution is 2.48. The quantitative estimate of drug-likeness (QED) is 0.344. The molecule has 3 saturated carbocycles. The van der Waals surface area contributed by atoms with Crippen molar-refractivity contribution in [2.75, 3.05) is 45.9 Å². The topological polar surface area (TPSA) is 83.1 Å². The molecular weight excluding hydrogens is 535 g/mol. The summed E-state index contributed by atoms with van der Waals surface area (Å²) in [5, 5.41) is 6.52. The van der Waals surface area contributed by atoms with Crippen LogP contribution in [0.15, 0.2) is 42.1 Å². The molecule has 3 heterocycles. The number of ether oxygens (including phenoxy) is 2. The zero-order valence-corrected chi connectivity index (χ0v) is 24.5. The Kier molecular flexibility index (Phi) is 8.36. The number of rotatable bonds is 9. The van der Waals surface area contributed by atoms with E-state index in [1.165, 1.54) is 5.56 Å². The average Bonchev–Trinajstić information content (AvgIpc) is 3.86. The summed E-state index contributed by atoms with van der Waals surface area (Å²) in [7, 11) is 0. The van der Waals surface area contributed by atoms with E-state index < -0.39 is 24.2 Å². The minimum absolute atomic E-state index is 0.0465. The highest BCUT2D eigenvalue weighted by Gasteiger charge is 2.58. The van der Waals surface area contributed by atoms with E-state index in [-0.39, 0.29) is 41.9 Å². The van der Waals surface area contributed by atoms with Crippen molar-refractivity contribution < 1.29 is 23.5 Å². The molecule has 1 amide bonds. The van der Waals surface area contributed by atoms with Gasteiger partial charge < -0.3 is 25.0 Å². The van der Waals surface area contributed by atoms with Crippen LogP contribution in [-0.2, 0) is 19.1 Å². The molecule has 0 bridgehead atoms. The number of morpholine rings is 2. The lowest BCUT2D eigenvalue weighted by Crippen LogP contribution is -2.73. The van der Waals surface area contributed by atoms with Gasteiger partial charge in [-0.3, -0.25) is 14.5 Å². The number of nitrogens with zero attached hydrogens (tertiary/aromatic N) is 2. The van der Waals surface area contributed by atoms with Crippen LogP contribution < -0.4 is 10.6 Å². The summed E-state index contributed by atoms with van der Waals surface area (Å²) in [6.45, 7) is 5.68. The lowest BCUT2D eigenvalue weighted by molar-refractivity contribution is -0.198. The lowest BCUT2D eigenvalue weighted by Gasteiger charge is -2.59. The Morgan fingerprint density at radius 2 is 1.86 bits per heavy atom. The van der Waals surface area contributed by atoms with Crippen molar-refractivity contribution in [1.82, 2.24) is 20.4 Å². The number of amides is 1. The molecule has 1 aromatic rings. The van der Waals surface area contributed by atoms with Crippen LogP contribution in [0.5, 0.6) is 0 Å². The molecule has 228 valence electrons. The number of fused-ring (bicyclic) bond motifs is 2. The molecule has 6 aliphatic rings. The number of nitrogens with one attached hydrogen (secondary N) is 2. The molecule has 3 aliphatic heterocycles. The summed E-state index contributed by atoms with van der Waals surface area (Å²) >= 11 is 0. The third-order valence-electron chi connectivity index (χ3n) is 10.6. The minimum atomic E-state index is -1.21.